The number of nitrogens with zero attached hydrogens (tertiary/aromatic N) is 2. The van der Waals surface area contributed by atoms with E-state index in [0.717, 1.165) is 18.3 Å². The Hall–Kier alpha value is -1.96. The highest BCUT2D eigenvalue weighted by Gasteiger charge is 2.48. The number of aliphatic hydroxyl groups is 1. The molecule has 2 aliphatic rings. The molecule has 1 N–H and O–H groups in total. The van der Waals surface area contributed by atoms with Gasteiger partial charge in [-0.3, -0.25) is 9.59 Å². The van der Waals surface area contributed by atoms with Crippen molar-refractivity contribution in [2.24, 2.45) is 0 Å². The summed E-state index contributed by atoms with van der Waals surface area (Å²) in [7, 11) is 0. The first-order chi connectivity index (χ1) is 11.7. The minimum Gasteiger partial charge on any atom is -0.468 e. The second kappa shape index (κ2) is 6.40. The lowest BCUT2D eigenvalue weighted by Crippen LogP contribution is -2.48. The van der Waals surface area contributed by atoms with E-state index in [1.165, 1.54) is 18.0 Å². The normalized spacial score (nSPS) is 23.1. The van der Waals surface area contributed by atoms with Crippen molar-refractivity contribution in [3.05, 3.63) is 51.7 Å². The summed E-state index contributed by atoms with van der Waals surface area (Å²) in [5, 5.41) is 10.5. The molecule has 0 aromatic carbocycles. The number of rotatable bonds is 3. The zero-order valence-electron chi connectivity index (χ0n) is 13.8. The monoisotopic (exact) mass is 378 g/mol. The summed E-state index contributed by atoms with van der Waals surface area (Å²) >= 11 is 7.43. The second-order valence-electron chi connectivity index (χ2n) is 5.94. The van der Waals surface area contributed by atoms with Crippen LogP contribution >= 0.6 is 23.4 Å². The van der Waals surface area contributed by atoms with Gasteiger partial charge in [0, 0.05) is 17.0 Å². The van der Waals surface area contributed by atoms with E-state index in [4.69, 9.17) is 16.3 Å². The summed E-state index contributed by atoms with van der Waals surface area (Å²) in [4.78, 5) is 33.0. The van der Waals surface area contributed by atoms with Gasteiger partial charge >= 0.3 is 0 Å². The number of halogens is 1. The molecule has 1 aliphatic heterocycles. The van der Waals surface area contributed by atoms with Gasteiger partial charge in [0.2, 0.25) is 11.6 Å². The van der Waals surface area contributed by atoms with Crippen molar-refractivity contribution in [1.82, 2.24) is 9.97 Å². The van der Waals surface area contributed by atoms with Crippen LogP contribution in [-0.4, -0.2) is 38.0 Å². The fourth-order valence-electron chi connectivity index (χ4n) is 2.50. The standard InChI is InChI=1S/C17H15ClN2O4S/c1-8-4-9(2)20-16(19-8)25-7-10-5-11-12(6-24-10)14(21)17(3,23)15(22)13(11)18/h4-6,23H,7H2,1-3H3. The summed E-state index contributed by atoms with van der Waals surface area (Å²) in [5.41, 5.74) is -0.0697. The van der Waals surface area contributed by atoms with Crippen molar-refractivity contribution in [2.75, 3.05) is 5.75 Å². The van der Waals surface area contributed by atoms with Crippen LogP contribution in [0.3, 0.4) is 0 Å². The van der Waals surface area contributed by atoms with Gasteiger partial charge in [0.25, 0.3) is 0 Å². The fourth-order valence-corrected chi connectivity index (χ4v) is 3.68. The molecule has 1 unspecified atom stereocenters. The number of aromatic nitrogens is 2. The quantitative estimate of drug-likeness (QED) is 0.490. The van der Waals surface area contributed by atoms with Crippen molar-refractivity contribution in [3.63, 3.8) is 0 Å². The Bertz CT molecular complexity index is 866. The average molecular weight is 379 g/mol. The van der Waals surface area contributed by atoms with Gasteiger partial charge in [0.1, 0.15) is 12.0 Å². The highest BCUT2D eigenvalue weighted by molar-refractivity contribution is 7.99. The number of hydrogen-bond donors (Lipinski definition) is 1. The van der Waals surface area contributed by atoms with Crippen molar-refractivity contribution in [2.45, 2.75) is 31.5 Å². The first kappa shape index (κ1) is 17.8. The SMILES string of the molecule is Cc1cc(C)nc(SCC2=CC3=C(Cl)C(=O)C(C)(O)C(=O)C3=CO2)n1. The van der Waals surface area contributed by atoms with Crippen LogP contribution in [0, 0.1) is 13.8 Å². The summed E-state index contributed by atoms with van der Waals surface area (Å²) in [6.07, 6.45) is 2.76. The first-order valence-corrected chi connectivity index (χ1v) is 8.81. The lowest BCUT2D eigenvalue weighted by atomic mass is 9.80. The third kappa shape index (κ3) is 3.27. The molecule has 1 aliphatic carbocycles. The average Bonchev–Trinajstić information content (AvgIpc) is 2.56. The van der Waals surface area contributed by atoms with Crippen molar-refractivity contribution in [3.8, 4) is 0 Å². The molecule has 0 saturated carbocycles. The molecule has 2 heterocycles. The van der Waals surface area contributed by atoms with E-state index in [0.29, 0.717) is 16.7 Å². The molecule has 0 spiro atoms. The Kier molecular flexibility index (Phi) is 4.57. The number of carbonyl (C=O) groups excluding carboxylic acids is 2. The van der Waals surface area contributed by atoms with Crippen LogP contribution in [0.5, 0.6) is 0 Å². The number of hydrogen-bond acceptors (Lipinski definition) is 7. The van der Waals surface area contributed by atoms with E-state index in [9.17, 15) is 14.7 Å². The van der Waals surface area contributed by atoms with Gasteiger partial charge in [-0.1, -0.05) is 23.4 Å². The van der Waals surface area contributed by atoms with Crippen LogP contribution in [0.15, 0.2) is 45.5 Å². The summed E-state index contributed by atoms with van der Waals surface area (Å²) in [5.74, 6) is -0.627. The molecular weight excluding hydrogens is 364 g/mol. The second-order valence-corrected chi connectivity index (χ2v) is 7.26. The number of carbonyl (C=O) groups is 2. The van der Waals surface area contributed by atoms with E-state index in [2.05, 4.69) is 9.97 Å². The van der Waals surface area contributed by atoms with Gasteiger partial charge in [-0.2, -0.15) is 0 Å². The minimum atomic E-state index is -2.16. The van der Waals surface area contributed by atoms with E-state index >= 15 is 0 Å². The van der Waals surface area contributed by atoms with Crippen molar-refractivity contribution < 1.29 is 19.4 Å². The molecule has 1 atom stereocenters. The smallest absolute Gasteiger partial charge is 0.214 e. The summed E-state index contributed by atoms with van der Waals surface area (Å²) in [6, 6.07) is 1.88. The zero-order chi connectivity index (χ0) is 18.4. The van der Waals surface area contributed by atoms with Gasteiger partial charge < -0.3 is 9.84 Å². The Morgan fingerprint density at radius 2 is 1.88 bits per heavy atom. The van der Waals surface area contributed by atoms with Crippen molar-refractivity contribution >= 4 is 34.9 Å². The van der Waals surface area contributed by atoms with Crippen LogP contribution in [0.4, 0.5) is 0 Å². The highest BCUT2D eigenvalue weighted by atomic mass is 35.5. The number of ketones is 2. The molecule has 0 amide bonds. The molecule has 0 saturated heterocycles. The predicted octanol–water partition coefficient (Wildman–Crippen LogP) is 2.38. The molecule has 8 heteroatoms. The van der Waals surface area contributed by atoms with Crippen LogP contribution in [-0.2, 0) is 14.3 Å². The number of fused-ring (bicyclic) bond motifs is 1. The zero-order valence-corrected chi connectivity index (χ0v) is 15.4. The number of allylic oxidation sites excluding steroid dienone is 2. The van der Waals surface area contributed by atoms with Crippen LogP contribution in [0.25, 0.3) is 0 Å². The maximum Gasteiger partial charge on any atom is 0.214 e. The Labute approximate surface area is 153 Å². The Morgan fingerprint density at radius 1 is 1.24 bits per heavy atom. The van der Waals surface area contributed by atoms with Crippen LogP contribution < -0.4 is 0 Å². The Morgan fingerprint density at radius 3 is 2.52 bits per heavy atom. The summed E-state index contributed by atoms with van der Waals surface area (Å²) in [6.45, 7) is 4.91. The lowest BCUT2D eigenvalue weighted by Gasteiger charge is -2.29. The molecule has 1 aromatic rings. The largest absolute Gasteiger partial charge is 0.468 e. The van der Waals surface area contributed by atoms with Gasteiger partial charge in [-0.25, -0.2) is 9.97 Å². The minimum absolute atomic E-state index is 0.0889. The molecule has 6 nitrogen and oxygen atoms in total. The molecular formula is C17H15ClN2O4S. The molecule has 0 fully saturated rings. The third-order valence-electron chi connectivity index (χ3n) is 3.79. The summed E-state index contributed by atoms with van der Waals surface area (Å²) < 4.78 is 5.46. The molecule has 0 radical (unpaired) electrons. The van der Waals surface area contributed by atoms with Gasteiger partial charge in [-0.15, -0.1) is 0 Å². The maximum absolute atomic E-state index is 12.2. The number of Topliss-reactive ketones (excluding diaryl/α,β-unsaturated/α-hetero) is 2. The van der Waals surface area contributed by atoms with Gasteiger partial charge in [0.05, 0.1) is 16.4 Å². The number of thioether (sulfide) groups is 1. The topological polar surface area (TPSA) is 89.4 Å². The van der Waals surface area contributed by atoms with Crippen LogP contribution in [0.1, 0.15) is 18.3 Å². The predicted molar refractivity (Wildman–Crippen MR) is 93.0 cm³/mol. The lowest BCUT2D eigenvalue weighted by molar-refractivity contribution is -0.144. The van der Waals surface area contributed by atoms with E-state index in [1.807, 2.05) is 19.9 Å². The third-order valence-corrected chi connectivity index (χ3v) is 5.04. The van der Waals surface area contributed by atoms with Crippen molar-refractivity contribution in [1.29, 1.82) is 0 Å². The van der Waals surface area contributed by atoms with E-state index < -0.39 is 17.2 Å². The molecule has 3 rings (SSSR count). The number of ether oxygens (including phenoxy) is 1. The molecule has 130 valence electrons. The fraction of sp³-hybridized carbons (Fsp3) is 0.294. The Balaban J connectivity index is 1.84. The van der Waals surface area contributed by atoms with E-state index in [1.54, 1.807) is 6.08 Å². The van der Waals surface area contributed by atoms with E-state index in [-0.39, 0.29) is 16.2 Å². The maximum atomic E-state index is 12.2. The molecule has 0 bridgehead atoms. The number of aryl methyl sites for hydroxylation is 2. The molecule has 1 aromatic heterocycles. The molecule has 25 heavy (non-hydrogen) atoms. The van der Waals surface area contributed by atoms with Crippen LogP contribution in [0.2, 0.25) is 0 Å². The highest BCUT2D eigenvalue weighted by Crippen LogP contribution is 2.37. The van der Waals surface area contributed by atoms with Gasteiger partial charge in [-0.05, 0) is 32.9 Å². The van der Waals surface area contributed by atoms with Gasteiger partial charge in [0.15, 0.2) is 10.8 Å². The first-order valence-electron chi connectivity index (χ1n) is 7.44.